The first kappa shape index (κ1) is 11.2. The topological polar surface area (TPSA) is 29.3 Å². The highest BCUT2D eigenvalue weighted by atomic mass is 15.2. The van der Waals surface area contributed by atoms with Gasteiger partial charge in [-0.3, -0.25) is 4.90 Å². The molecule has 1 aromatic carbocycles. The lowest BCUT2D eigenvalue weighted by atomic mass is 9.73. The van der Waals surface area contributed by atoms with Gasteiger partial charge in [-0.15, -0.1) is 0 Å². The second kappa shape index (κ2) is 4.43. The van der Waals surface area contributed by atoms with Crippen molar-refractivity contribution in [1.29, 1.82) is 0 Å². The van der Waals surface area contributed by atoms with E-state index in [1.54, 1.807) is 0 Å². The largest absolute Gasteiger partial charge is 0.326 e. The van der Waals surface area contributed by atoms with Crippen molar-refractivity contribution in [2.45, 2.75) is 37.8 Å². The molecule has 92 valence electrons. The van der Waals surface area contributed by atoms with Gasteiger partial charge in [-0.25, -0.2) is 0 Å². The molecule has 4 rings (SSSR count). The summed E-state index contributed by atoms with van der Waals surface area (Å²) < 4.78 is 0. The molecule has 0 amide bonds. The first-order valence-electron chi connectivity index (χ1n) is 6.82. The van der Waals surface area contributed by atoms with Gasteiger partial charge in [-0.05, 0) is 43.3 Å². The van der Waals surface area contributed by atoms with Crippen LogP contribution in [0, 0.1) is 5.92 Å². The number of hydrogen-bond acceptors (Lipinski definition) is 2. The predicted octanol–water partition coefficient (Wildman–Crippen LogP) is 2.21. The minimum Gasteiger partial charge on any atom is -0.326 e. The molecule has 2 N–H and O–H groups in total. The van der Waals surface area contributed by atoms with Crippen molar-refractivity contribution >= 4 is 0 Å². The van der Waals surface area contributed by atoms with Gasteiger partial charge < -0.3 is 5.73 Å². The number of piperidine rings is 3. The normalized spacial score (nSPS) is 38.0. The van der Waals surface area contributed by atoms with Crippen molar-refractivity contribution in [1.82, 2.24) is 4.90 Å². The summed E-state index contributed by atoms with van der Waals surface area (Å²) in [6.45, 7) is 4.83. The van der Waals surface area contributed by atoms with E-state index < -0.39 is 0 Å². The highest BCUT2D eigenvalue weighted by Crippen LogP contribution is 2.37. The minimum absolute atomic E-state index is 0.368. The average Bonchev–Trinajstić information content (AvgIpc) is 2.40. The van der Waals surface area contributed by atoms with E-state index in [1.807, 2.05) is 0 Å². The predicted molar refractivity (Wildman–Crippen MR) is 70.9 cm³/mol. The molecule has 3 aliphatic rings. The molecule has 17 heavy (non-hydrogen) atoms. The molecule has 2 nitrogen and oxygen atoms in total. The monoisotopic (exact) mass is 230 g/mol. The zero-order chi connectivity index (χ0) is 11.8. The molecule has 0 saturated carbocycles. The first-order valence-corrected chi connectivity index (χ1v) is 6.82. The molecule has 3 unspecified atom stereocenters. The fraction of sp³-hybridized carbons (Fsp3) is 0.600. The van der Waals surface area contributed by atoms with Crippen molar-refractivity contribution in [2.75, 3.05) is 13.1 Å². The van der Waals surface area contributed by atoms with Crippen LogP contribution in [0.4, 0.5) is 0 Å². The van der Waals surface area contributed by atoms with E-state index >= 15 is 0 Å². The van der Waals surface area contributed by atoms with Gasteiger partial charge in [0.15, 0.2) is 0 Å². The van der Waals surface area contributed by atoms with Gasteiger partial charge in [-0.1, -0.05) is 37.3 Å². The third kappa shape index (κ3) is 1.90. The third-order valence-electron chi connectivity index (χ3n) is 4.77. The lowest BCUT2D eigenvalue weighted by Crippen LogP contribution is -2.62. The molecule has 0 aromatic heterocycles. The van der Waals surface area contributed by atoms with Crippen LogP contribution in [0.5, 0.6) is 0 Å². The molecule has 3 heterocycles. The van der Waals surface area contributed by atoms with Crippen LogP contribution in [-0.4, -0.2) is 30.1 Å². The number of benzene rings is 1. The summed E-state index contributed by atoms with van der Waals surface area (Å²) in [7, 11) is 0. The molecule has 0 radical (unpaired) electrons. The van der Waals surface area contributed by atoms with E-state index in [4.69, 9.17) is 5.73 Å². The molecule has 3 atom stereocenters. The summed E-state index contributed by atoms with van der Waals surface area (Å²) in [5.41, 5.74) is 7.89. The van der Waals surface area contributed by atoms with Crippen LogP contribution in [0.3, 0.4) is 0 Å². The summed E-state index contributed by atoms with van der Waals surface area (Å²) in [5.74, 6) is 1.31. The summed E-state index contributed by atoms with van der Waals surface area (Å²) in [5, 5.41) is 0. The van der Waals surface area contributed by atoms with Crippen LogP contribution in [0.2, 0.25) is 0 Å². The molecule has 2 bridgehead atoms. The van der Waals surface area contributed by atoms with E-state index in [9.17, 15) is 0 Å². The van der Waals surface area contributed by atoms with Crippen molar-refractivity contribution in [3.8, 4) is 0 Å². The van der Waals surface area contributed by atoms with Crippen LogP contribution in [0.25, 0.3) is 0 Å². The average molecular weight is 230 g/mol. The van der Waals surface area contributed by atoms with Gasteiger partial charge in [0.05, 0.1) is 0 Å². The van der Waals surface area contributed by atoms with E-state index in [1.165, 1.54) is 31.5 Å². The first-order chi connectivity index (χ1) is 8.27. The van der Waals surface area contributed by atoms with Gasteiger partial charge in [0, 0.05) is 12.1 Å². The van der Waals surface area contributed by atoms with Gasteiger partial charge in [0.2, 0.25) is 0 Å². The number of rotatable bonds is 2. The van der Waals surface area contributed by atoms with Gasteiger partial charge >= 0.3 is 0 Å². The minimum atomic E-state index is 0.368. The van der Waals surface area contributed by atoms with Crippen molar-refractivity contribution in [3.63, 3.8) is 0 Å². The number of fused-ring (bicyclic) bond motifs is 3. The summed E-state index contributed by atoms with van der Waals surface area (Å²) in [4.78, 5) is 2.61. The fourth-order valence-corrected chi connectivity index (χ4v) is 3.73. The Morgan fingerprint density at radius 2 is 1.82 bits per heavy atom. The standard InChI is InChI=1S/C15H22N2/c1-11(12-5-3-2-4-6-12)15-14(16)13-7-9-17(15)10-8-13/h2-6,11,13-15H,7-10,16H2,1H3. The third-order valence-corrected chi connectivity index (χ3v) is 4.77. The molecule has 0 aliphatic carbocycles. The number of hydrogen-bond donors (Lipinski definition) is 1. The zero-order valence-electron chi connectivity index (χ0n) is 10.5. The van der Waals surface area contributed by atoms with Crippen LogP contribution in [0.15, 0.2) is 30.3 Å². The van der Waals surface area contributed by atoms with Crippen LogP contribution in [0.1, 0.15) is 31.2 Å². The smallest absolute Gasteiger partial charge is 0.0315 e. The number of nitrogens with two attached hydrogens (primary N) is 1. The van der Waals surface area contributed by atoms with Crippen molar-refractivity contribution < 1.29 is 0 Å². The maximum Gasteiger partial charge on any atom is 0.0315 e. The zero-order valence-corrected chi connectivity index (χ0v) is 10.5. The molecule has 3 aliphatic heterocycles. The Labute approximate surface area is 104 Å². The summed E-state index contributed by atoms with van der Waals surface area (Å²) in [6, 6.07) is 11.7. The quantitative estimate of drug-likeness (QED) is 0.844. The summed E-state index contributed by atoms with van der Waals surface area (Å²) >= 11 is 0. The fourth-order valence-electron chi connectivity index (χ4n) is 3.73. The highest BCUT2D eigenvalue weighted by Gasteiger charge is 2.42. The Morgan fingerprint density at radius 3 is 2.41 bits per heavy atom. The Balaban J connectivity index is 1.84. The molecule has 2 heteroatoms. The molecule has 3 fully saturated rings. The maximum atomic E-state index is 6.46. The van der Waals surface area contributed by atoms with Gasteiger partial charge in [0.1, 0.15) is 0 Å². The van der Waals surface area contributed by atoms with E-state index in [0.29, 0.717) is 18.0 Å². The van der Waals surface area contributed by atoms with E-state index in [0.717, 1.165) is 5.92 Å². The Kier molecular flexibility index (Phi) is 2.93. The highest BCUT2D eigenvalue weighted by molar-refractivity contribution is 5.22. The van der Waals surface area contributed by atoms with Gasteiger partial charge in [-0.2, -0.15) is 0 Å². The maximum absolute atomic E-state index is 6.46. The van der Waals surface area contributed by atoms with E-state index in [2.05, 4.69) is 42.2 Å². The summed E-state index contributed by atoms with van der Waals surface area (Å²) in [6.07, 6.45) is 2.61. The van der Waals surface area contributed by atoms with Crippen LogP contribution < -0.4 is 5.73 Å². The van der Waals surface area contributed by atoms with Crippen molar-refractivity contribution in [2.24, 2.45) is 11.7 Å². The Morgan fingerprint density at radius 1 is 1.18 bits per heavy atom. The van der Waals surface area contributed by atoms with E-state index in [-0.39, 0.29) is 0 Å². The molecular formula is C15H22N2. The molecule has 1 aromatic rings. The molecular weight excluding hydrogens is 208 g/mol. The molecule has 3 saturated heterocycles. The van der Waals surface area contributed by atoms with Gasteiger partial charge in [0.25, 0.3) is 0 Å². The van der Waals surface area contributed by atoms with Crippen molar-refractivity contribution in [3.05, 3.63) is 35.9 Å². The second-order valence-electron chi connectivity index (χ2n) is 5.64. The Hall–Kier alpha value is -0.860. The lowest BCUT2D eigenvalue weighted by molar-refractivity contribution is 0.0171. The SMILES string of the molecule is CC(c1ccccc1)C1C(N)C2CCN1CC2. The van der Waals surface area contributed by atoms with Crippen LogP contribution >= 0.6 is 0 Å². The lowest BCUT2D eigenvalue weighted by Gasteiger charge is -2.52. The van der Waals surface area contributed by atoms with Crippen LogP contribution in [-0.2, 0) is 0 Å². The Bertz CT molecular complexity index is 366. The molecule has 0 spiro atoms. The second-order valence-corrected chi connectivity index (χ2v) is 5.64. The number of nitrogens with zero attached hydrogens (tertiary/aromatic N) is 1.